The van der Waals surface area contributed by atoms with Crippen LogP contribution in [0.3, 0.4) is 0 Å². The number of fused-ring (bicyclic) bond motifs is 2. The van der Waals surface area contributed by atoms with Gasteiger partial charge in [0, 0.05) is 25.0 Å². The number of hydrogen-bond acceptors (Lipinski definition) is 3. The van der Waals surface area contributed by atoms with E-state index in [0.29, 0.717) is 11.6 Å². The largest absolute Gasteiger partial charge is 0.337 e. The third-order valence-corrected chi connectivity index (χ3v) is 5.70. The number of likely N-dealkylation sites (tertiary alicyclic amines) is 1. The topological polar surface area (TPSA) is 51.0 Å². The number of aromatic nitrogens is 3. The summed E-state index contributed by atoms with van der Waals surface area (Å²) in [6, 6.07) is 20.0. The van der Waals surface area contributed by atoms with Gasteiger partial charge in [-0.1, -0.05) is 36.4 Å². The second-order valence-electron chi connectivity index (χ2n) is 7.51. The van der Waals surface area contributed by atoms with Crippen molar-refractivity contribution in [1.29, 1.82) is 0 Å². The molecule has 2 aromatic carbocycles. The van der Waals surface area contributed by atoms with Crippen molar-refractivity contribution in [2.45, 2.75) is 19.4 Å². The van der Waals surface area contributed by atoms with Crippen LogP contribution in [0.15, 0.2) is 67.0 Å². The molecule has 3 heterocycles. The molecule has 0 bridgehead atoms. The molecule has 1 aliphatic heterocycles. The lowest BCUT2D eigenvalue weighted by atomic mass is 9.96. The summed E-state index contributed by atoms with van der Waals surface area (Å²) in [7, 11) is 0. The molecule has 0 saturated carbocycles. The van der Waals surface area contributed by atoms with Gasteiger partial charge >= 0.3 is 0 Å². The molecule has 140 valence electrons. The fourth-order valence-electron chi connectivity index (χ4n) is 4.10. The quantitative estimate of drug-likeness (QED) is 0.545. The van der Waals surface area contributed by atoms with Gasteiger partial charge in [-0.05, 0) is 43.0 Å². The van der Waals surface area contributed by atoms with Gasteiger partial charge in [-0.15, -0.1) is 0 Å². The van der Waals surface area contributed by atoms with Crippen LogP contribution in [0.1, 0.15) is 23.3 Å². The van der Waals surface area contributed by atoms with Crippen LogP contribution in [0.5, 0.6) is 0 Å². The summed E-state index contributed by atoms with van der Waals surface area (Å²) < 4.78 is 2.24. The lowest BCUT2D eigenvalue weighted by Gasteiger charge is -2.32. The molecule has 28 heavy (non-hydrogen) atoms. The molecule has 2 aromatic heterocycles. The van der Waals surface area contributed by atoms with Crippen molar-refractivity contribution in [3.05, 3.63) is 72.7 Å². The molecule has 1 saturated heterocycles. The van der Waals surface area contributed by atoms with E-state index in [1.807, 2.05) is 59.8 Å². The van der Waals surface area contributed by atoms with Gasteiger partial charge in [0.2, 0.25) is 0 Å². The van der Waals surface area contributed by atoms with Crippen LogP contribution in [0.4, 0.5) is 0 Å². The number of pyridine rings is 1. The first-order chi connectivity index (χ1) is 13.8. The molecule has 0 unspecified atom stereocenters. The van der Waals surface area contributed by atoms with Crippen molar-refractivity contribution in [3.63, 3.8) is 0 Å². The number of imidazole rings is 1. The highest BCUT2D eigenvalue weighted by atomic mass is 16.2. The molecule has 1 amide bonds. The molecular weight excluding hydrogens is 348 g/mol. The lowest BCUT2D eigenvalue weighted by Crippen LogP contribution is -2.39. The first-order valence-corrected chi connectivity index (χ1v) is 9.83. The van der Waals surface area contributed by atoms with E-state index in [1.165, 1.54) is 5.52 Å². The molecule has 0 N–H and O–H groups in total. The highest BCUT2D eigenvalue weighted by Gasteiger charge is 2.25. The van der Waals surface area contributed by atoms with E-state index in [-0.39, 0.29) is 5.91 Å². The number of carbonyl (C=O) groups is 1. The Kier molecular flexibility index (Phi) is 4.28. The molecule has 5 heteroatoms. The van der Waals surface area contributed by atoms with Gasteiger partial charge in [0.05, 0.1) is 22.9 Å². The molecule has 0 atom stereocenters. The Morgan fingerprint density at radius 3 is 2.54 bits per heavy atom. The summed E-state index contributed by atoms with van der Waals surface area (Å²) in [5, 5.41) is 1.06. The van der Waals surface area contributed by atoms with Crippen LogP contribution >= 0.6 is 0 Å². The molecule has 0 radical (unpaired) electrons. The van der Waals surface area contributed by atoms with Gasteiger partial charge < -0.3 is 9.47 Å². The lowest BCUT2D eigenvalue weighted by molar-refractivity contribution is 0.0678. The average molecular weight is 370 g/mol. The highest BCUT2D eigenvalue weighted by molar-refractivity contribution is 5.95. The number of nitrogens with zero attached hydrogens (tertiary/aromatic N) is 4. The number of amides is 1. The number of benzene rings is 2. The van der Waals surface area contributed by atoms with E-state index in [1.54, 1.807) is 0 Å². The van der Waals surface area contributed by atoms with E-state index in [9.17, 15) is 4.79 Å². The summed E-state index contributed by atoms with van der Waals surface area (Å²) in [6.45, 7) is 2.52. The van der Waals surface area contributed by atoms with Crippen molar-refractivity contribution < 1.29 is 4.79 Å². The second-order valence-corrected chi connectivity index (χ2v) is 7.51. The standard InChI is InChI=1S/C23H22N4O/c28-23(21-10-9-18-5-1-2-6-19(18)25-21)26-13-11-17(12-14-26)15-27-16-24-20-7-3-4-8-22(20)27/h1-10,16-17H,11-15H2. The minimum absolute atomic E-state index is 0.0392. The smallest absolute Gasteiger partial charge is 0.272 e. The van der Waals surface area contributed by atoms with Crippen LogP contribution in [-0.4, -0.2) is 38.4 Å². The maximum atomic E-state index is 12.9. The van der Waals surface area contributed by atoms with Crippen LogP contribution in [0.2, 0.25) is 0 Å². The monoisotopic (exact) mass is 370 g/mol. The molecule has 0 aliphatic carbocycles. The minimum atomic E-state index is 0.0392. The van der Waals surface area contributed by atoms with Crippen LogP contribution in [0.25, 0.3) is 21.9 Å². The number of hydrogen-bond donors (Lipinski definition) is 0. The predicted molar refractivity (Wildman–Crippen MR) is 110 cm³/mol. The number of piperidine rings is 1. The second kappa shape index (κ2) is 7.08. The Morgan fingerprint density at radius 2 is 1.68 bits per heavy atom. The highest BCUT2D eigenvalue weighted by Crippen LogP contribution is 2.23. The van der Waals surface area contributed by atoms with Gasteiger partial charge in [-0.2, -0.15) is 0 Å². The van der Waals surface area contributed by atoms with Crippen molar-refractivity contribution in [2.24, 2.45) is 5.92 Å². The Balaban J connectivity index is 1.25. The van der Waals surface area contributed by atoms with Gasteiger partial charge in [-0.3, -0.25) is 4.79 Å². The molecule has 5 nitrogen and oxygen atoms in total. The molecule has 1 fully saturated rings. The van der Waals surface area contributed by atoms with Crippen molar-refractivity contribution in [3.8, 4) is 0 Å². The fraction of sp³-hybridized carbons (Fsp3) is 0.261. The summed E-state index contributed by atoms with van der Waals surface area (Å²) in [6.07, 6.45) is 3.94. The minimum Gasteiger partial charge on any atom is -0.337 e. The van der Waals surface area contributed by atoms with Crippen LogP contribution < -0.4 is 0 Å². The van der Waals surface area contributed by atoms with Gasteiger partial charge in [0.15, 0.2) is 0 Å². The van der Waals surface area contributed by atoms with E-state index < -0.39 is 0 Å². The van der Waals surface area contributed by atoms with Gasteiger partial charge in [0.1, 0.15) is 5.69 Å². The van der Waals surface area contributed by atoms with Crippen molar-refractivity contribution in [2.75, 3.05) is 13.1 Å². The summed E-state index contributed by atoms with van der Waals surface area (Å²) in [5.74, 6) is 0.600. The Hall–Kier alpha value is -3.21. The summed E-state index contributed by atoms with van der Waals surface area (Å²) >= 11 is 0. The maximum absolute atomic E-state index is 12.9. The maximum Gasteiger partial charge on any atom is 0.272 e. The van der Waals surface area contributed by atoms with E-state index in [4.69, 9.17) is 0 Å². The molecule has 5 rings (SSSR count). The van der Waals surface area contributed by atoms with Crippen molar-refractivity contribution >= 4 is 27.8 Å². The first-order valence-electron chi connectivity index (χ1n) is 9.83. The Morgan fingerprint density at radius 1 is 0.929 bits per heavy atom. The number of carbonyl (C=O) groups excluding carboxylic acids is 1. The Labute approximate surface area is 163 Å². The summed E-state index contributed by atoms with van der Waals surface area (Å²) in [4.78, 5) is 23.9. The normalized spacial score (nSPS) is 15.4. The average Bonchev–Trinajstić information content (AvgIpc) is 3.16. The first kappa shape index (κ1) is 16.9. The summed E-state index contributed by atoms with van der Waals surface area (Å²) in [5.41, 5.74) is 3.63. The Bertz CT molecular complexity index is 1140. The number of rotatable bonds is 3. The zero-order chi connectivity index (χ0) is 18.9. The third-order valence-electron chi connectivity index (χ3n) is 5.70. The SMILES string of the molecule is O=C(c1ccc2ccccc2n1)N1CCC(Cn2cnc3ccccc32)CC1. The fourth-order valence-corrected chi connectivity index (χ4v) is 4.10. The van der Waals surface area contributed by atoms with E-state index >= 15 is 0 Å². The van der Waals surface area contributed by atoms with E-state index in [0.717, 1.165) is 48.9 Å². The molecular formula is C23H22N4O. The van der Waals surface area contributed by atoms with Gasteiger partial charge in [-0.25, -0.2) is 9.97 Å². The molecule has 0 spiro atoms. The molecule has 4 aromatic rings. The van der Waals surface area contributed by atoms with Crippen LogP contribution in [-0.2, 0) is 6.54 Å². The predicted octanol–water partition coefficient (Wildman–Crippen LogP) is 4.14. The van der Waals surface area contributed by atoms with Crippen molar-refractivity contribution in [1.82, 2.24) is 19.4 Å². The van der Waals surface area contributed by atoms with Gasteiger partial charge in [0.25, 0.3) is 5.91 Å². The zero-order valence-electron chi connectivity index (χ0n) is 15.7. The molecule has 1 aliphatic rings. The number of para-hydroxylation sites is 3. The van der Waals surface area contributed by atoms with E-state index in [2.05, 4.69) is 26.7 Å². The van der Waals surface area contributed by atoms with Crippen LogP contribution in [0, 0.1) is 5.92 Å². The third kappa shape index (κ3) is 3.13. The zero-order valence-corrected chi connectivity index (χ0v) is 15.7.